The Bertz CT molecular complexity index is 864. The highest BCUT2D eigenvalue weighted by atomic mass is 32.1. The number of rotatable bonds is 7. The van der Waals surface area contributed by atoms with Crippen molar-refractivity contribution in [3.63, 3.8) is 0 Å². The molecule has 0 atom stereocenters. The van der Waals surface area contributed by atoms with Gasteiger partial charge in [0.05, 0.1) is 32.2 Å². The second-order valence-electron chi connectivity index (χ2n) is 7.92. The lowest BCUT2D eigenvalue weighted by Gasteiger charge is -2.27. The maximum atomic E-state index is 12.0. The van der Waals surface area contributed by atoms with Crippen LogP contribution in [0, 0.1) is 10.7 Å². The number of nitrogens with zero attached hydrogens (tertiary/aromatic N) is 3. The molecule has 0 unspecified atom stereocenters. The third-order valence-electron chi connectivity index (χ3n) is 5.76. The molecular weight excluding hydrogens is 372 g/mol. The third kappa shape index (κ3) is 4.36. The van der Waals surface area contributed by atoms with Gasteiger partial charge in [0.25, 0.3) is 0 Å². The number of aromatic nitrogens is 3. The number of likely N-dealkylation sites (tertiary alicyclic amines) is 1. The molecule has 28 heavy (non-hydrogen) atoms. The molecule has 0 spiro atoms. The van der Waals surface area contributed by atoms with Crippen molar-refractivity contribution in [2.45, 2.75) is 51.7 Å². The van der Waals surface area contributed by atoms with E-state index < -0.39 is 0 Å². The van der Waals surface area contributed by atoms with Crippen molar-refractivity contribution in [3.05, 3.63) is 46.5 Å². The molecule has 6 nitrogen and oxygen atoms in total. The molecule has 0 amide bonds. The summed E-state index contributed by atoms with van der Waals surface area (Å²) < 4.78 is 10.2. The molecule has 1 aliphatic heterocycles. The van der Waals surface area contributed by atoms with Crippen LogP contribution in [0.25, 0.3) is 0 Å². The minimum Gasteiger partial charge on any atom is -0.466 e. The van der Waals surface area contributed by atoms with E-state index in [4.69, 9.17) is 22.1 Å². The number of benzene rings is 1. The number of quaternary nitrogens is 1. The Morgan fingerprint density at radius 1 is 1.21 bits per heavy atom. The minimum absolute atomic E-state index is 0.0404. The summed E-state index contributed by atoms with van der Waals surface area (Å²) in [5, 5.41) is 4.91. The molecule has 0 bridgehead atoms. The maximum absolute atomic E-state index is 12.0. The molecule has 1 saturated carbocycles. The van der Waals surface area contributed by atoms with Gasteiger partial charge in [0, 0.05) is 18.8 Å². The third-order valence-corrected chi connectivity index (χ3v) is 6.19. The standard InChI is InChI=1S/C21H28N4O2S/c1-2-27-20(26)18-10-12-23(13-11-18)15-25-21(28)24(19(22-25)17-8-9-17)14-16-6-4-3-5-7-16/h3-7,17-18H,2,8-15H2,1H3/p+1. The van der Waals surface area contributed by atoms with E-state index in [1.807, 2.05) is 17.7 Å². The van der Waals surface area contributed by atoms with E-state index in [9.17, 15) is 4.79 Å². The Kier molecular flexibility index (Phi) is 5.92. The van der Waals surface area contributed by atoms with Gasteiger partial charge >= 0.3 is 5.97 Å². The second-order valence-corrected chi connectivity index (χ2v) is 8.29. The summed E-state index contributed by atoms with van der Waals surface area (Å²) in [6, 6.07) is 10.5. The molecule has 2 heterocycles. The Morgan fingerprint density at radius 2 is 1.93 bits per heavy atom. The molecule has 2 aromatic rings. The van der Waals surface area contributed by atoms with E-state index in [-0.39, 0.29) is 11.9 Å². The number of ether oxygens (including phenoxy) is 1. The average molecular weight is 402 g/mol. The van der Waals surface area contributed by atoms with Gasteiger partial charge in [-0.1, -0.05) is 30.3 Å². The largest absolute Gasteiger partial charge is 0.466 e. The lowest BCUT2D eigenvalue weighted by molar-refractivity contribution is -0.929. The van der Waals surface area contributed by atoms with Crippen molar-refractivity contribution in [2.24, 2.45) is 5.92 Å². The van der Waals surface area contributed by atoms with Crippen LogP contribution < -0.4 is 4.90 Å². The van der Waals surface area contributed by atoms with Gasteiger partial charge in [-0.05, 0) is 37.5 Å². The number of esters is 1. The van der Waals surface area contributed by atoms with Gasteiger partial charge in [-0.3, -0.25) is 9.36 Å². The number of hydrogen-bond acceptors (Lipinski definition) is 4. The number of nitrogens with one attached hydrogen (secondary N) is 1. The highest BCUT2D eigenvalue weighted by molar-refractivity contribution is 7.71. The smallest absolute Gasteiger partial charge is 0.309 e. The highest BCUT2D eigenvalue weighted by Gasteiger charge is 2.32. The van der Waals surface area contributed by atoms with Crippen molar-refractivity contribution < 1.29 is 14.4 Å². The number of carbonyl (C=O) groups is 1. The van der Waals surface area contributed by atoms with Gasteiger partial charge < -0.3 is 9.64 Å². The van der Waals surface area contributed by atoms with Crippen LogP contribution in [0.2, 0.25) is 0 Å². The van der Waals surface area contributed by atoms with E-state index in [0.29, 0.717) is 12.5 Å². The van der Waals surface area contributed by atoms with Gasteiger partial charge in [0.2, 0.25) is 4.77 Å². The Morgan fingerprint density at radius 3 is 2.57 bits per heavy atom. The van der Waals surface area contributed by atoms with Gasteiger partial charge in [-0.15, -0.1) is 0 Å². The number of piperidine rings is 1. The van der Waals surface area contributed by atoms with Crippen LogP contribution in [0.5, 0.6) is 0 Å². The highest BCUT2D eigenvalue weighted by Crippen LogP contribution is 2.39. The Hall–Kier alpha value is -1.99. The fraction of sp³-hybridized carbons (Fsp3) is 0.571. The molecule has 1 aromatic heterocycles. The van der Waals surface area contributed by atoms with Crippen LogP contribution >= 0.6 is 12.2 Å². The topological polar surface area (TPSA) is 53.5 Å². The fourth-order valence-electron chi connectivity index (χ4n) is 4.01. The van der Waals surface area contributed by atoms with Gasteiger partial charge in [0.15, 0.2) is 6.67 Å². The predicted octanol–water partition coefficient (Wildman–Crippen LogP) is 2.16. The van der Waals surface area contributed by atoms with Crippen molar-refractivity contribution >= 4 is 18.2 Å². The first-order valence-electron chi connectivity index (χ1n) is 10.4. The molecule has 150 valence electrons. The summed E-state index contributed by atoms with van der Waals surface area (Å²) in [5.41, 5.74) is 1.25. The van der Waals surface area contributed by atoms with E-state index in [2.05, 4.69) is 28.8 Å². The molecule has 1 saturated heterocycles. The fourth-order valence-corrected chi connectivity index (χ4v) is 4.27. The molecule has 1 aromatic carbocycles. The molecular formula is C21H29N4O2S+. The zero-order valence-electron chi connectivity index (χ0n) is 16.5. The first-order chi connectivity index (χ1) is 13.7. The summed E-state index contributed by atoms with van der Waals surface area (Å²) in [7, 11) is 0. The van der Waals surface area contributed by atoms with Crippen LogP contribution in [-0.4, -0.2) is 40.0 Å². The molecule has 7 heteroatoms. The predicted molar refractivity (Wildman–Crippen MR) is 109 cm³/mol. The van der Waals surface area contributed by atoms with E-state index in [1.54, 1.807) is 0 Å². The summed E-state index contributed by atoms with van der Waals surface area (Å²) in [6.07, 6.45) is 4.17. The molecule has 4 rings (SSSR count). The molecule has 1 N–H and O–H groups in total. The molecule has 0 radical (unpaired) electrons. The van der Waals surface area contributed by atoms with Crippen molar-refractivity contribution in [2.75, 3.05) is 19.7 Å². The van der Waals surface area contributed by atoms with Gasteiger partial charge in [0.1, 0.15) is 5.82 Å². The van der Waals surface area contributed by atoms with Gasteiger partial charge in [-0.25, -0.2) is 0 Å². The monoisotopic (exact) mass is 401 g/mol. The van der Waals surface area contributed by atoms with Crippen LogP contribution in [0.4, 0.5) is 0 Å². The average Bonchev–Trinajstić information content (AvgIpc) is 3.51. The second kappa shape index (κ2) is 8.57. The van der Waals surface area contributed by atoms with Crippen LogP contribution in [0.3, 0.4) is 0 Å². The minimum atomic E-state index is -0.0404. The lowest BCUT2D eigenvalue weighted by atomic mass is 9.97. The first-order valence-corrected chi connectivity index (χ1v) is 10.8. The van der Waals surface area contributed by atoms with E-state index in [1.165, 1.54) is 23.3 Å². The van der Waals surface area contributed by atoms with Crippen molar-refractivity contribution in [1.82, 2.24) is 14.3 Å². The van der Waals surface area contributed by atoms with Crippen LogP contribution in [-0.2, 0) is 22.7 Å². The zero-order valence-corrected chi connectivity index (χ0v) is 17.3. The normalized spacial score (nSPS) is 22.2. The van der Waals surface area contributed by atoms with Crippen molar-refractivity contribution in [3.8, 4) is 0 Å². The summed E-state index contributed by atoms with van der Waals surface area (Å²) >= 11 is 5.80. The molecule has 2 aliphatic rings. The lowest BCUT2D eigenvalue weighted by Crippen LogP contribution is -3.12. The first kappa shape index (κ1) is 19.3. The quantitative estimate of drug-likeness (QED) is 0.571. The van der Waals surface area contributed by atoms with Crippen LogP contribution in [0.15, 0.2) is 30.3 Å². The molecule has 2 fully saturated rings. The Balaban J connectivity index is 1.45. The van der Waals surface area contributed by atoms with Crippen LogP contribution in [0.1, 0.15) is 49.9 Å². The zero-order chi connectivity index (χ0) is 19.5. The summed E-state index contributed by atoms with van der Waals surface area (Å²) in [5.74, 6) is 1.70. The van der Waals surface area contributed by atoms with E-state index in [0.717, 1.165) is 49.7 Å². The van der Waals surface area contributed by atoms with Crippen molar-refractivity contribution in [1.29, 1.82) is 0 Å². The maximum Gasteiger partial charge on any atom is 0.309 e. The van der Waals surface area contributed by atoms with E-state index >= 15 is 0 Å². The summed E-state index contributed by atoms with van der Waals surface area (Å²) in [6.45, 7) is 5.79. The van der Waals surface area contributed by atoms with Gasteiger partial charge in [-0.2, -0.15) is 9.78 Å². The number of hydrogen-bond donors (Lipinski definition) is 1. The SMILES string of the molecule is CCOC(=O)C1CC[NH+](Cn2nc(C3CC3)n(Cc3ccccc3)c2=S)CC1. The Labute approximate surface area is 171 Å². The number of carbonyl (C=O) groups excluding carboxylic acids is 1. The summed E-state index contributed by atoms with van der Waals surface area (Å²) in [4.78, 5) is 13.4. The molecule has 1 aliphatic carbocycles.